The molecule has 0 unspecified atom stereocenters. The highest BCUT2D eigenvalue weighted by Crippen LogP contribution is 2.21. The van der Waals surface area contributed by atoms with Gasteiger partial charge in [0.15, 0.2) is 0 Å². The number of carbonyl (C=O) groups excluding carboxylic acids is 4. The number of carboxylic acids is 2. The van der Waals surface area contributed by atoms with Crippen molar-refractivity contribution < 1.29 is 43.7 Å². The Bertz CT molecular complexity index is 1450. The first-order valence-electron chi connectivity index (χ1n) is 19.6. The van der Waals surface area contributed by atoms with Gasteiger partial charge >= 0.3 is 17.9 Å². The van der Waals surface area contributed by atoms with Crippen molar-refractivity contribution in [3.8, 4) is 5.75 Å². The number of rotatable bonds is 28. The first kappa shape index (κ1) is 45.4. The van der Waals surface area contributed by atoms with E-state index in [0.717, 1.165) is 19.3 Å². The number of amides is 3. The van der Waals surface area contributed by atoms with Gasteiger partial charge in [0.25, 0.3) is 0 Å². The minimum Gasteiger partial charge on any atom is -0.481 e. The van der Waals surface area contributed by atoms with Crippen LogP contribution < -0.4 is 20.7 Å². The summed E-state index contributed by atoms with van der Waals surface area (Å²) in [5.74, 6) is -4.92. The van der Waals surface area contributed by atoms with Gasteiger partial charge in [0.2, 0.25) is 17.7 Å². The van der Waals surface area contributed by atoms with E-state index in [0.29, 0.717) is 17.5 Å². The molecule has 0 saturated heterocycles. The Hall–Kier alpha value is -4.74. The van der Waals surface area contributed by atoms with Crippen LogP contribution >= 0.6 is 0 Å². The predicted octanol–water partition coefficient (Wildman–Crippen LogP) is 7.51. The highest BCUT2D eigenvalue weighted by atomic mass is 16.5. The van der Waals surface area contributed by atoms with Crippen LogP contribution in [0.5, 0.6) is 5.75 Å². The fourth-order valence-corrected chi connectivity index (χ4v) is 6.06. The van der Waals surface area contributed by atoms with Crippen molar-refractivity contribution in [2.45, 2.75) is 148 Å². The van der Waals surface area contributed by atoms with Crippen molar-refractivity contribution in [1.82, 2.24) is 16.0 Å². The molecule has 0 aromatic heterocycles. The maximum Gasteiger partial charge on any atom is 0.343 e. The summed E-state index contributed by atoms with van der Waals surface area (Å²) < 4.78 is 5.46. The summed E-state index contributed by atoms with van der Waals surface area (Å²) in [6.45, 7) is 5.82. The predicted molar refractivity (Wildman–Crippen MR) is 207 cm³/mol. The second kappa shape index (κ2) is 26.1. The Morgan fingerprint density at radius 2 is 1.17 bits per heavy atom. The Balaban J connectivity index is 2.10. The fourth-order valence-electron chi connectivity index (χ4n) is 6.06. The highest BCUT2D eigenvalue weighted by molar-refractivity contribution is 5.94. The topological polar surface area (TPSA) is 188 Å². The average molecular weight is 752 g/mol. The average Bonchev–Trinajstić information content (AvgIpc) is 3.14. The second-order valence-electron chi connectivity index (χ2n) is 14.3. The van der Waals surface area contributed by atoms with Crippen molar-refractivity contribution in [1.29, 1.82) is 0 Å². The second-order valence-corrected chi connectivity index (χ2v) is 14.3. The number of ether oxygens (including phenoxy) is 1. The molecule has 5 N–H and O–H groups in total. The van der Waals surface area contributed by atoms with Gasteiger partial charge in [-0.05, 0) is 55.0 Å². The molecule has 12 nitrogen and oxygen atoms in total. The lowest BCUT2D eigenvalue weighted by Gasteiger charge is -2.25. The number of esters is 1. The van der Waals surface area contributed by atoms with Crippen molar-refractivity contribution in [3.63, 3.8) is 0 Å². The number of carboxylic acid groups (broad SMARTS) is 2. The third kappa shape index (κ3) is 18.8. The van der Waals surface area contributed by atoms with Gasteiger partial charge in [-0.1, -0.05) is 128 Å². The molecule has 3 atom stereocenters. The molecule has 2 aromatic carbocycles. The normalized spacial score (nSPS) is 12.7. The number of unbranched alkanes of at least 4 members (excludes halogenated alkanes) is 12. The summed E-state index contributed by atoms with van der Waals surface area (Å²) in [4.78, 5) is 76.1. The monoisotopic (exact) mass is 751 g/mol. The zero-order valence-electron chi connectivity index (χ0n) is 32.3. The van der Waals surface area contributed by atoms with Crippen LogP contribution in [0.4, 0.5) is 0 Å². The maximum absolute atomic E-state index is 13.8. The molecule has 0 bridgehead atoms. The van der Waals surface area contributed by atoms with Gasteiger partial charge in [-0.2, -0.15) is 0 Å². The smallest absolute Gasteiger partial charge is 0.343 e. The van der Waals surface area contributed by atoms with Crippen molar-refractivity contribution in [2.75, 3.05) is 0 Å². The van der Waals surface area contributed by atoms with E-state index >= 15 is 0 Å². The van der Waals surface area contributed by atoms with E-state index in [-0.39, 0.29) is 36.8 Å². The maximum atomic E-state index is 13.8. The minimum atomic E-state index is -1.39. The van der Waals surface area contributed by atoms with Crippen molar-refractivity contribution >= 4 is 35.6 Å². The van der Waals surface area contributed by atoms with Crippen LogP contribution in [-0.2, 0) is 24.0 Å². The lowest BCUT2D eigenvalue weighted by Crippen LogP contribution is -2.54. The highest BCUT2D eigenvalue weighted by Gasteiger charge is 2.31. The molecule has 0 heterocycles. The zero-order chi connectivity index (χ0) is 39.7. The number of benzene rings is 2. The lowest BCUT2D eigenvalue weighted by molar-refractivity contribution is -0.143. The summed E-state index contributed by atoms with van der Waals surface area (Å²) in [5, 5.41) is 26.7. The first-order valence-corrected chi connectivity index (χ1v) is 19.6. The SMILES string of the molecule is CCCCCCCCCCCCCCCC(=O)N[C@H](C(=O)N[C@@H](CCC(=O)O)C(=O)N[C@@H](CC(C)C)C(=O)O)c1ccc(OC(=O)c2ccccc2)cc1. The van der Waals surface area contributed by atoms with Gasteiger partial charge < -0.3 is 30.9 Å². The first-order chi connectivity index (χ1) is 25.9. The quantitative estimate of drug-likeness (QED) is 0.0333. The van der Waals surface area contributed by atoms with Crippen LogP contribution in [0.3, 0.4) is 0 Å². The number of nitrogens with one attached hydrogen (secondary N) is 3. The molecule has 0 radical (unpaired) electrons. The van der Waals surface area contributed by atoms with E-state index in [1.165, 1.54) is 82.1 Å². The molecule has 0 aliphatic heterocycles. The third-order valence-corrected chi connectivity index (χ3v) is 9.11. The van der Waals surface area contributed by atoms with E-state index in [2.05, 4.69) is 22.9 Å². The fraction of sp³-hybridized carbons (Fsp3) is 0.571. The molecular formula is C42H61N3O9. The molecule has 0 spiro atoms. The molecule has 298 valence electrons. The van der Waals surface area contributed by atoms with Gasteiger partial charge in [-0.15, -0.1) is 0 Å². The molecule has 2 aromatic rings. The number of aliphatic carboxylic acids is 2. The largest absolute Gasteiger partial charge is 0.481 e. The van der Waals surface area contributed by atoms with Gasteiger partial charge in [-0.3, -0.25) is 19.2 Å². The Labute approximate surface area is 320 Å². The van der Waals surface area contributed by atoms with E-state index in [1.807, 2.05) is 0 Å². The van der Waals surface area contributed by atoms with Crippen LogP contribution in [0.2, 0.25) is 0 Å². The summed E-state index contributed by atoms with van der Waals surface area (Å²) in [6, 6.07) is 10.5. The van der Waals surface area contributed by atoms with Crippen molar-refractivity contribution in [3.05, 3.63) is 65.7 Å². The van der Waals surface area contributed by atoms with E-state index in [4.69, 9.17) is 4.74 Å². The van der Waals surface area contributed by atoms with Crippen LogP contribution in [0, 0.1) is 5.92 Å². The van der Waals surface area contributed by atoms with Crippen LogP contribution in [0.15, 0.2) is 54.6 Å². The van der Waals surface area contributed by atoms with Gasteiger partial charge in [-0.25, -0.2) is 9.59 Å². The lowest BCUT2D eigenvalue weighted by atomic mass is 10.0. The van der Waals surface area contributed by atoms with E-state index in [9.17, 15) is 39.0 Å². The van der Waals surface area contributed by atoms with Gasteiger partial charge in [0.1, 0.15) is 23.9 Å². The molecule has 0 saturated carbocycles. The van der Waals surface area contributed by atoms with Crippen LogP contribution in [0.25, 0.3) is 0 Å². The number of hydrogen-bond acceptors (Lipinski definition) is 7. The summed E-state index contributed by atoms with van der Waals surface area (Å²) in [5.41, 5.74) is 0.676. The zero-order valence-corrected chi connectivity index (χ0v) is 32.3. The van der Waals surface area contributed by atoms with Crippen LogP contribution in [-0.4, -0.2) is 57.9 Å². The molecule has 0 fully saturated rings. The number of carbonyl (C=O) groups is 6. The molecule has 3 amide bonds. The summed E-state index contributed by atoms with van der Waals surface area (Å²) >= 11 is 0. The van der Waals surface area contributed by atoms with Crippen molar-refractivity contribution in [2.24, 2.45) is 5.92 Å². The molecule has 0 aliphatic carbocycles. The standard InChI is InChI=1S/C42H61N3O9/c1-4-5-6-7-8-9-10-11-12-13-14-15-19-22-36(46)45-38(31-23-25-33(26-24-31)54-42(53)32-20-17-16-18-21-32)40(50)43-34(27-28-37(47)48)39(49)44-35(41(51)52)29-30(2)3/h16-18,20-21,23-26,30,34-35,38H,4-15,19,22,27-29H2,1-3H3,(H,43,50)(H,44,49)(H,45,46)(H,47,48)(H,51,52)/t34-,35-,38-/m0/s1. The summed E-state index contributed by atoms with van der Waals surface area (Å²) in [7, 11) is 0. The molecule has 2 rings (SSSR count). The van der Waals surface area contributed by atoms with Crippen LogP contribution in [0.1, 0.15) is 152 Å². The van der Waals surface area contributed by atoms with E-state index < -0.39 is 54.3 Å². The Kier molecular flexibility index (Phi) is 22.0. The van der Waals surface area contributed by atoms with Gasteiger partial charge in [0, 0.05) is 12.8 Å². The Morgan fingerprint density at radius 3 is 1.69 bits per heavy atom. The Morgan fingerprint density at radius 1 is 0.630 bits per heavy atom. The minimum absolute atomic E-state index is 0.0668. The molecular weight excluding hydrogens is 690 g/mol. The third-order valence-electron chi connectivity index (χ3n) is 9.11. The van der Waals surface area contributed by atoms with E-state index in [1.54, 1.807) is 44.2 Å². The molecule has 12 heteroatoms. The molecule has 0 aliphatic rings. The number of hydrogen-bond donors (Lipinski definition) is 5. The summed E-state index contributed by atoms with van der Waals surface area (Å²) in [6.07, 6.45) is 14.6. The van der Waals surface area contributed by atoms with Gasteiger partial charge in [0.05, 0.1) is 5.56 Å². The molecule has 54 heavy (non-hydrogen) atoms.